The highest BCUT2D eigenvalue weighted by atomic mass is 16.3. The lowest BCUT2D eigenvalue weighted by Gasteiger charge is -2.06. The van der Waals surface area contributed by atoms with Crippen LogP contribution in [-0.4, -0.2) is 10.9 Å². The predicted octanol–water partition coefficient (Wildman–Crippen LogP) is 3.49. The molecule has 0 saturated carbocycles. The third-order valence-corrected chi connectivity index (χ3v) is 2.91. The number of hydrogen-bond acceptors (Lipinski definition) is 2. The molecule has 0 unspecified atom stereocenters. The molecule has 0 saturated heterocycles. The van der Waals surface area contributed by atoms with Crippen molar-refractivity contribution in [3.8, 4) is 5.75 Å². The number of carbonyl (C=O) groups excluding carboxylic acids is 1. The van der Waals surface area contributed by atoms with Crippen molar-refractivity contribution in [3.63, 3.8) is 0 Å². The Balaban J connectivity index is 2.28. The molecule has 0 aliphatic carbocycles. The molecule has 2 rings (SSSR count). The van der Waals surface area contributed by atoms with E-state index in [0.717, 1.165) is 12.0 Å². The van der Waals surface area contributed by atoms with Gasteiger partial charge in [-0.2, -0.15) is 0 Å². The zero-order valence-electron chi connectivity index (χ0n) is 10.6. The Morgan fingerprint density at radius 3 is 2.33 bits per heavy atom. The molecule has 0 spiro atoms. The summed E-state index contributed by atoms with van der Waals surface area (Å²) in [5.74, 6) is 0.112. The first-order valence-electron chi connectivity index (χ1n) is 5.94. The third kappa shape index (κ3) is 2.98. The monoisotopic (exact) mass is 240 g/mol. The average Bonchev–Trinajstić information content (AvgIpc) is 2.31. The molecule has 0 bridgehead atoms. The van der Waals surface area contributed by atoms with Crippen molar-refractivity contribution < 1.29 is 9.90 Å². The van der Waals surface area contributed by atoms with Crippen LogP contribution in [0.15, 0.2) is 42.5 Å². The van der Waals surface area contributed by atoms with Gasteiger partial charge < -0.3 is 5.11 Å². The Morgan fingerprint density at radius 1 is 1.06 bits per heavy atom. The van der Waals surface area contributed by atoms with Gasteiger partial charge in [0.25, 0.3) is 0 Å². The maximum atomic E-state index is 11.3. The number of ketones is 1. The molecule has 0 atom stereocenters. The molecule has 2 heteroatoms. The fourth-order valence-corrected chi connectivity index (χ4v) is 1.92. The van der Waals surface area contributed by atoms with Crippen LogP contribution in [0.1, 0.15) is 34.0 Å². The third-order valence-electron chi connectivity index (χ3n) is 2.91. The standard InChI is InChI=1S/C16H16O2/c1-11-3-5-13(6-4-11)7-14-8-15(12(2)17)10-16(18)9-14/h3-6,8-10,18H,7H2,1-2H3. The smallest absolute Gasteiger partial charge is 0.159 e. The highest BCUT2D eigenvalue weighted by Crippen LogP contribution is 2.19. The fraction of sp³-hybridized carbons (Fsp3) is 0.188. The Bertz CT molecular complexity index is 568. The van der Waals surface area contributed by atoms with E-state index in [4.69, 9.17) is 0 Å². The van der Waals surface area contributed by atoms with Crippen LogP contribution in [0.25, 0.3) is 0 Å². The molecule has 2 aromatic carbocycles. The molecular weight excluding hydrogens is 224 g/mol. The predicted molar refractivity (Wildman–Crippen MR) is 72.1 cm³/mol. The van der Waals surface area contributed by atoms with E-state index in [1.807, 2.05) is 13.0 Å². The highest BCUT2D eigenvalue weighted by molar-refractivity contribution is 5.94. The topological polar surface area (TPSA) is 37.3 Å². The summed E-state index contributed by atoms with van der Waals surface area (Å²) in [5, 5.41) is 9.61. The van der Waals surface area contributed by atoms with Gasteiger partial charge in [-0.3, -0.25) is 4.79 Å². The van der Waals surface area contributed by atoms with Crippen molar-refractivity contribution in [3.05, 3.63) is 64.7 Å². The van der Waals surface area contributed by atoms with Crippen LogP contribution >= 0.6 is 0 Å². The molecule has 2 nitrogen and oxygen atoms in total. The quantitative estimate of drug-likeness (QED) is 0.834. The van der Waals surface area contributed by atoms with E-state index in [0.29, 0.717) is 5.56 Å². The number of rotatable bonds is 3. The number of hydrogen-bond donors (Lipinski definition) is 1. The summed E-state index contributed by atoms with van der Waals surface area (Å²) in [6, 6.07) is 13.3. The van der Waals surface area contributed by atoms with Gasteiger partial charge in [-0.1, -0.05) is 29.8 Å². The van der Waals surface area contributed by atoms with Gasteiger partial charge in [0.1, 0.15) is 5.75 Å². The van der Waals surface area contributed by atoms with E-state index in [-0.39, 0.29) is 11.5 Å². The summed E-state index contributed by atoms with van der Waals surface area (Å²) in [7, 11) is 0. The molecule has 0 fully saturated rings. The molecule has 0 aliphatic rings. The Morgan fingerprint density at radius 2 is 1.72 bits per heavy atom. The first kappa shape index (κ1) is 12.4. The molecule has 0 amide bonds. The van der Waals surface area contributed by atoms with Crippen LogP contribution in [0.5, 0.6) is 5.75 Å². The van der Waals surface area contributed by atoms with Gasteiger partial charge in [-0.15, -0.1) is 0 Å². The van der Waals surface area contributed by atoms with Crippen molar-refractivity contribution >= 4 is 5.78 Å². The Kier molecular flexibility index (Phi) is 3.47. The molecule has 0 aromatic heterocycles. The number of Topliss-reactive ketones (excluding diaryl/α,β-unsaturated/α-hetero) is 1. The first-order valence-corrected chi connectivity index (χ1v) is 5.94. The van der Waals surface area contributed by atoms with Crippen LogP contribution < -0.4 is 0 Å². The fourth-order valence-electron chi connectivity index (χ4n) is 1.92. The average molecular weight is 240 g/mol. The number of aryl methyl sites for hydroxylation is 1. The van der Waals surface area contributed by atoms with Crippen LogP contribution in [0.2, 0.25) is 0 Å². The van der Waals surface area contributed by atoms with Crippen LogP contribution in [0.3, 0.4) is 0 Å². The van der Waals surface area contributed by atoms with Gasteiger partial charge in [0.05, 0.1) is 0 Å². The maximum Gasteiger partial charge on any atom is 0.159 e. The second-order valence-corrected chi connectivity index (χ2v) is 4.61. The molecule has 2 aromatic rings. The second-order valence-electron chi connectivity index (χ2n) is 4.61. The number of carbonyl (C=O) groups is 1. The summed E-state index contributed by atoms with van der Waals surface area (Å²) in [4.78, 5) is 11.3. The number of benzene rings is 2. The van der Waals surface area contributed by atoms with Crippen LogP contribution in [-0.2, 0) is 6.42 Å². The summed E-state index contributed by atoms with van der Waals surface area (Å²) >= 11 is 0. The molecule has 0 radical (unpaired) electrons. The van der Waals surface area contributed by atoms with Crippen molar-refractivity contribution in [1.29, 1.82) is 0 Å². The minimum atomic E-state index is -0.0314. The Hall–Kier alpha value is -2.09. The lowest BCUT2D eigenvalue weighted by molar-refractivity contribution is 0.101. The summed E-state index contributed by atoms with van der Waals surface area (Å²) in [5.41, 5.74) is 3.89. The molecule has 1 N–H and O–H groups in total. The summed E-state index contributed by atoms with van der Waals surface area (Å²) in [6.45, 7) is 3.55. The maximum absolute atomic E-state index is 11.3. The normalized spacial score (nSPS) is 10.3. The van der Waals surface area contributed by atoms with Gasteiger partial charge >= 0.3 is 0 Å². The number of phenolic OH excluding ortho intramolecular Hbond substituents is 1. The SMILES string of the molecule is CC(=O)c1cc(O)cc(Cc2ccc(C)cc2)c1. The molecule has 0 heterocycles. The zero-order valence-corrected chi connectivity index (χ0v) is 10.6. The van der Waals surface area contributed by atoms with E-state index < -0.39 is 0 Å². The van der Waals surface area contributed by atoms with Crippen molar-refractivity contribution in [2.24, 2.45) is 0 Å². The van der Waals surface area contributed by atoms with E-state index in [2.05, 4.69) is 24.3 Å². The van der Waals surface area contributed by atoms with E-state index >= 15 is 0 Å². The van der Waals surface area contributed by atoms with Gasteiger partial charge in [-0.25, -0.2) is 0 Å². The minimum absolute atomic E-state index is 0.0314. The van der Waals surface area contributed by atoms with Crippen molar-refractivity contribution in [2.75, 3.05) is 0 Å². The molecule has 0 aliphatic heterocycles. The molecule has 18 heavy (non-hydrogen) atoms. The number of aromatic hydroxyl groups is 1. The zero-order chi connectivity index (χ0) is 13.1. The lowest BCUT2D eigenvalue weighted by atomic mass is 10.0. The van der Waals surface area contributed by atoms with E-state index in [9.17, 15) is 9.90 Å². The Labute approximate surface area is 107 Å². The lowest BCUT2D eigenvalue weighted by Crippen LogP contribution is -1.95. The van der Waals surface area contributed by atoms with Gasteiger partial charge in [0.2, 0.25) is 0 Å². The first-order chi connectivity index (χ1) is 8.54. The van der Waals surface area contributed by atoms with Crippen LogP contribution in [0.4, 0.5) is 0 Å². The van der Waals surface area contributed by atoms with Crippen molar-refractivity contribution in [2.45, 2.75) is 20.3 Å². The number of phenols is 1. The van der Waals surface area contributed by atoms with E-state index in [1.54, 1.807) is 6.07 Å². The van der Waals surface area contributed by atoms with Gasteiger partial charge in [-0.05, 0) is 49.6 Å². The van der Waals surface area contributed by atoms with Crippen LogP contribution in [0, 0.1) is 6.92 Å². The highest BCUT2D eigenvalue weighted by Gasteiger charge is 2.05. The molecule has 92 valence electrons. The van der Waals surface area contributed by atoms with Gasteiger partial charge in [0, 0.05) is 5.56 Å². The summed E-state index contributed by atoms with van der Waals surface area (Å²) in [6.07, 6.45) is 0.717. The van der Waals surface area contributed by atoms with Gasteiger partial charge in [0.15, 0.2) is 5.78 Å². The molecular formula is C16H16O2. The second kappa shape index (κ2) is 5.05. The largest absolute Gasteiger partial charge is 0.508 e. The summed E-state index contributed by atoms with van der Waals surface area (Å²) < 4.78 is 0. The van der Waals surface area contributed by atoms with Crippen molar-refractivity contribution in [1.82, 2.24) is 0 Å². The van der Waals surface area contributed by atoms with E-state index in [1.165, 1.54) is 24.1 Å². The minimum Gasteiger partial charge on any atom is -0.508 e.